The number of carbonyl (C=O) groups excluding carboxylic acids is 1. The van der Waals surface area contributed by atoms with Gasteiger partial charge in [0.15, 0.2) is 0 Å². The summed E-state index contributed by atoms with van der Waals surface area (Å²) in [5.74, 6) is -2.62. The van der Waals surface area contributed by atoms with Gasteiger partial charge in [-0.15, -0.1) is 0 Å². The number of hydrogen-bond donors (Lipinski definition) is 3. The molecule has 0 radical (unpaired) electrons. The van der Waals surface area contributed by atoms with Gasteiger partial charge in [-0.25, -0.2) is 0 Å². The van der Waals surface area contributed by atoms with Crippen LogP contribution in [0, 0.1) is 0 Å². The van der Waals surface area contributed by atoms with E-state index in [1.807, 2.05) is 0 Å². The molecule has 0 aliphatic heterocycles. The van der Waals surface area contributed by atoms with Crippen molar-refractivity contribution < 1.29 is 44.8 Å². The molecule has 0 amide bonds. The maximum Gasteiger partial charge on any atom is 0.138 e. The van der Waals surface area contributed by atoms with Gasteiger partial charge >= 0.3 is 0 Å². The molecule has 0 aliphatic rings. The maximum atomic E-state index is 11.1. The van der Waals surface area contributed by atoms with Gasteiger partial charge in [0, 0.05) is 0 Å². The van der Waals surface area contributed by atoms with Gasteiger partial charge < -0.3 is 44.8 Å². The first-order valence-electron chi connectivity index (χ1n) is 4.71. The Labute approximate surface area is 97.6 Å². The fraction of sp³-hybridized carbons (Fsp3) is 0.833. The molecule has 0 aromatic carbocycles. The molecule has 11 heteroatoms. The third-order valence-corrected chi connectivity index (χ3v) is 5.82. The monoisotopic (exact) mass is 289 g/mol. The summed E-state index contributed by atoms with van der Waals surface area (Å²) < 4.78 is 21.5. The average Bonchev–Trinajstić information content (AvgIpc) is 2.07. The molecule has 2 unspecified atom stereocenters. The van der Waals surface area contributed by atoms with Crippen LogP contribution in [0.4, 0.5) is 0 Å². The van der Waals surface area contributed by atoms with Gasteiger partial charge in [0.05, 0.1) is 32.2 Å². The van der Waals surface area contributed by atoms with Crippen LogP contribution < -0.4 is 25.9 Å². The second-order valence-electron chi connectivity index (χ2n) is 3.66. The van der Waals surface area contributed by atoms with Crippen LogP contribution in [0.25, 0.3) is 0 Å². The smallest absolute Gasteiger partial charge is 0.138 e. The first-order valence-corrected chi connectivity index (χ1v) is 8.47. The van der Waals surface area contributed by atoms with E-state index in [2.05, 4.69) is 5.73 Å². The molecular weight excluding hydrogens is 274 g/mol. The minimum absolute atomic E-state index is 0.108. The Morgan fingerprint density at radius 2 is 1.94 bits per heavy atom. The van der Waals surface area contributed by atoms with Gasteiger partial charge in [-0.05, 0) is 0 Å². The predicted molar refractivity (Wildman–Crippen MR) is 50.3 cm³/mol. The van der Waals surface area contributed by atoms with Crippen LogP contribution in [0.2, 0.25) is 0 Å². The van der Waals surface area contributed by atoms with E-state index in [0.717, 1.165) is 0 Å². The Kier molecular flexibility index (Phi) is 6.50. The summed E-state index contributed by atoms with van der Waals surface area (Å²) in [6.07, 6.45) is -0.407. The number of carbonyl (C=O) groups is 1. The number of carboxylic acid groups (broad SMARTS) is 1. The molecule has 0 saturated carbocycles. The van der Waals surface area contributed by atoms with Crippen LogP contribution in [-0.2, 0) is 13.9 Å². The van der Waals surface area contributed by atoms with Crippen LogP contribution in [0.5, 0.6) is 0 Å². The number of aliphatic carboxylic acids is 1. The highest BCUT2D eigenvalue weighted by Crippen LogP contribution is 2.47. The fourth-order valence-corrected chi connectivity index (χ4v) is 4.27. The highest BCUT2D eigenvalue weighted by Gasteiger charge is 2.17. The number of carboxylic acids is 1. The van der Waals surface area contributed by atoms with Crippen LogP contribution in [-0.4, -0.2) is 35.6 Å². The Bertz CT molecular complexity index is 354. The molecule has 0 spiro atoms. The summed E-state index contributed by atoms with van der Waals surface area (Å²) >= 11 is 0. The summed E-state index contributed by atoms with van der Waals surface area (Å²) in [6.45, 7) is 0.156. The quantitative estimate of drug-likeness (QED) is 0.293. The van der Waals surface area contributed by atoms with Gasteiger partial charge in [-0.3, -0.25) is 0 Å². The SMILES string of the molecule is [NH3+][C@@H](CC[NH2+]CP(=O)([O-])CP(=O)([O-])O)C(=O)[O-]. The normalized spacial score (nSPS) is 20.2. The van der Waals surface area contributed by atoms with Crippen molar-refractivity contribution in [2.45, 2.75) is 12.5 Å². The molecule has 0 aromatic heterocycles. The number of hydrogen-bond acceptors (Lipinski definition) is 6. The minimum atomic E-state index is -4.83. The summed E-state index contributed by atoms with van der Waals surface area (Å²) in [7, 11) is -9.05. The Balaban J connectivity index is 3.93. The molecule has 0 heterocycles. The molecule has 0 rings (SSSR count). The molecule has 0 fully saturated rings. The second-order valence-corrected chi connectivity index (χ2v) is 8.06. The molecule has 3 atom stereocenters. The van der Waals surface area contributed by atoms with E-state index >= 15 is 0 Å². The summed E-state index contributed by atoms with van der Waals surface area (Å²) in [6, 6.07) is -0.944. The van der Waals surface area contributed by atoms with Crippen molar-refractivity contribution in [3.8, 4) is 0 Å². The summed E-state index contributed by atoms with van der Waals surface area (Å²) in [5, 5.41) is 11.5. The molecule has 0 aliphatic carbocycles. The Morgan fingerprint density at radius 3 is 2.35 bits per heavy atom. The molecule has 6 N–H and O–H groups in total. The number of quaternary nitrogens is 2. The van der Waals surface area contributed by atoms with Crippen molar-refractivity contribution >= 4 is 20.9 Å². The van der Waals surface area contributed by atoms with Gasteiger partial charge in [0.1, 0.15) is 19.9 Å². The zero-order valence-electron chi connectivity index (χ0n) is 8.98. The van der Waals surface area contributed by atoms with Crippen molar-refractivity contribution in [3.63, 3.8) is 0 Å². The maximum absolute atomic E-state index is 11.1. The van der Waals surface area contributed by atoms with Gasteiger partial charge in [0.2, 0.25) is 0 Å². The molecule has 0 saturated heterocycles. The second kappa shape index (κ2) is 6.61. The lowest BCUT2D eigenvalue weighted by molar-refractivity contribution is -0.645. The molecule has 9 nitrogen and oxygen atoms in total. The molecule has 0 bridgehead atoms. The van der Waals surface area contributed by atoms with E-state index in [-0.39, 0.29) is 13.0 Å². The lowest BCUT2D eigenvalue weighted by atomic mass is 10.2. The van der Waals surface area contributed by atoms with Gasteiger partial charge in [-0.1, -0.05) is 0 Å². The van der Waals surface area contributed by atoms with Crippen molar-refractivity contribution in [3.05, 3.63) is 0 Å². The lowest BCUT2D eigenvalue weighted by Crippen LogP contribution is -2.86. The molecular formula is C6H15N2O7P2-. The van der Waals surface area contributed by atoms with E-state index in [1.54, 1.807) is 0 Å². The molecule has 102 valence electrons. The van der Waals surface area contributed by atoms with Crippen LogP contribution in [0.15, 0.2) is 0 Å². The van der Waals surface area contributed by atoms with E-state index in [9.17, 15) is 28.8 Å². The van der Waals surface area contributed by atoms with Gasteiger partial charge in [-0.2, -0.15) is 0 Å². The van der Waals surface area contributed by atoms with Crippen LogP contribution >= 0.6 is 15.0 Å². The first kappa shape index (κ1) is 16.7. The van der Waals surface area contributed by atoms with Gasteiger partial charge in [0.25, 0.3) is 0 Å². The number of nitrogens with two attached hydrogens (primary N) is 1. The van der Waals surface area contributed by atoms with Crippen molar-refractivity contribution in [2.75, 3.05) is 18.7 Å². The van der Waals surface area contributed by atoms with Crippen molar-refractivity contribution in [1.29, 1.82) is 0 Å². The van der Waals surface area contributed by atoms with E-state index in [1.165, 1.54) is 5.32 Å². The fourth-order valence-electron chi connectivity index (χ4n) is 1.05. The third-order valence-electron chi connectivity index (χ3n) is 1.85. The van der Waals surface area contributed by atoms with Crippen molar-refractivity contribution in [2.24, 2.45) is 0 Å². The largest absolute Gasteiger partial charge is 0.795 e. The highest BCUT2D eigenvalue weighted by atomic mass is 31.2. The predicted octanol–water partition coefficient (Wildman–Crippen LogP) is -5.60. The molecule has 17 heavy (non-hydrogen) atoms. The Morgan fingerprint density at radius 1 is 1.41 bits per heavy atom. The first-order chi connectivity index (χ1) is 7.53. The third kappa shape index (κ3) is 9.43. The highest BCUT2D eigenvalue weighted by molar-refractivity contribution is 7.71. The number of rotatable bonds is 8. The van der Waals surface area contributed by atoms with Crippen LogP contribution in [0.3, 0.4) is 0 Å². The van der Waals surface area contributed by atoms with E-state index < -0.39 is 39.2 Å². The summed E-state index contributed by atoms with van der Waals surface area (Å²) in [4.78, 5) is 40.2. The Hall–Kier alpha value is -0.270. The molecule has 0 aromatic rings. The zero-order chi connectivity index (χ0) is 13.7. The van der Waals surface area contributed by atoms with E-state index in [0.29, 0.717) is 0 Å². The average molecular weight is 289 g/mol. The summed E-state index contributed by atoms with van der Waals surface area (Å²) in [5.41, 5.74) is 3.27. The van der Waals surface area contributed by atoms with E-state index in [4.69, 9.17) is 4.89 Å². The minimum Gasteiger partial charge on any atom is -0.795 e. The standard InChI is InChI=1S/C6H16N2O7P2/c7-5(6(9)10)1-2-8-3-16(11,12)4-17(13,14)15/h5,8H,1-4,7H2,(H,9,10)(H,11,12)(H2,13,14,15)/p-1/t5-/m0/s1. The zero-order valence-corrected chi connectivity index (χ0v) is 10.8. The topological polar surface area (TPSA) is 185 Å². The lowest BCUT2D eigenvalue weighted by Gasteiger charge is -2.26. The van der Waals surface area contributed by atoms with Crippen molar-refractivity contribution in [1.82, 2.24) is 0 Å². The van der Waals surface area contributed by atoms with Crippen LogP contribution in [0.1, 0.15) is 6.42 Å².